The van der Waals surface area contributed by atoms with Crippen LogP contribution in [0.15, 0.2) is 29.2 Å². The molecular weight excluding hydrogens is 330 g/mol. The van der Waals surface area contributed by atoms with Crippen LogP contribution in [0.1, 0.15) is 5.82 Å². The third-order valence-electron chi connectivity index (χ3n) is 4.16. The van der Waals surface area contributed by atoms with Gasteiger partial charge in [-0.2, -0.15) is 0 Å². The van der Waals surface area contributed by atoms with Gasteiger partial charge in [-0.3, -0.25) is 9.78 Å². The van der Waals surface area contributed by atoms with E-state index in [0.717, 1.165) is 0 Å². The number of rotatable bonds is 3. The van der Waals surface area contributed by atoms with Crippen molar-refractivity contribution in [1.29, 1.82) is 0 Å². The zero-order valence-electron chi connectivity index (χ0n) is 13.3. The van der Waals surface area contributed by atoms with E-state index < -0.39 is 18.1 Å². The fourth-order valence-corrected chi connectivity index (χ4v) is 3.10. The van der Waals surface area contributed by atoms with Crippen molar-refractivity contribution in [2.24, 2.45) is 0 Å². The standard InChI is InChI=1S/C16H14F2N6O/c1-8-20-13-11(18)6-9(7-12(13)23(8)5-3-17)10-2-4-24-14(10)15(25)21-16(19)22-24/h2,4,6-7H,3,5H2,1H3,(H3,19,21,22,25). The van der Waals surface area contributed by atoms with Gasteiger partial charge in [-0.1, -0.05) is 0 Å². The topological polar surface area (TPSA) is 94.0 Å². The number of H-pyrrole nitrogens is 1. The highest BCUT2D eigenvalue weighted by Crippen LogP contribution is 2.29. The van der Waals surface area contributed by atoms with E-state index in [1.165, 1.54) is 10.6 Å². The molecule has 0 saturated carbocycles. The largest absolute Gasteiger partial charge is 0.368 e. The van der Waals surface area contributed by atoms with Crippen LogP contribution < -0.4 is 11.3 Å². The molecule has 0 fully saturated rings. The number of nitrogens with zero attached hydrogens (tertiary/aromatic N) is 4. The normalized spacial score (nSPS) is 11.6. The predicted octanol–water partition coefficient (Wildman–Crippen LogP) is 2.04. The fraction of sp³-hybridized carbons (Fsp3) is 0.188. The highest BCUT2D eigenvalue weighted by Gasteiger charge is 2.17. The Kier molecular flexibility index (Phi) is 3.31. The van der Waals surface area contributed by atoms with Crippen molar-refractivity contribution in [3.8, 4) is 11.1 Å². The Labute approximate surface area is 139 Å². The molecule has 0 aliphatic rings. The van der Waals surface area contributed by atoms with Crippen molar-refractivity contribution in [1.82, 2.24) is 24.1 Å². The van der Waals surface area contributed by atoms with Gasteiger partial charge < -0.3 is 10.3 Å². The Balaban J connectivity index is 2.02. The number of hydrogen-bond acceptors (Lipinski definition) is 4. The lowest BCUT2D eigenvalue weighted by molar-refractivity contribution is 0.446. The highest BCUT2D eigenvalue weighted by molar-refractivity contribution is 5.88. The molecule has 0 atom stereocenters. The van der Waals surface area contributed by atoms with Gasteiger partial charge in [0.25, 0.3) is 5.56 Å². The SMILES string of the molecule is Cc1nc2c(F)cc(-c3ccn4nc(N)[nH]c(=O)c34)cc2n1CCF. The molecule has 0 spiro atoms. The number of aromatic nitrogens is 5. The zero-order chi connectivity index (χ0) is 17.7. The first-order valence-electron chi connectivity index (χ1n) is 7.59. The predicted molar refractivity (Wildman–Crippen MR) is 89.6 cm³/mol. The van der Waals surface area contributed by atoms with E-state index in [4.69, 9.17) is 5.73 Å². The van der Waals surface area contributed by atoms with E-state index in [-0.39, 0.29) is 23.5 Å². The average Bonchev–Trinajstić information content (AvgIpc) is 3.10. The van der Waals surface area contributed by atoms with Gasteiger partial charge in [0.05, 0.1) is 12.1 Å². The molecule has 4 aromatic rings. The number of imidazole rings is 1. The molecule has 0 bridgehead atoms. The van der Waals surface area contributed by atoms with E-state index >= 15 is 0 Å². The smallest absolute Gasteiger partial charge is 0.277 e. The molecule has 0 amide bonds. The monoisotopic (exact) mass is 344 g/mol. The summed E-state index contributed by atoms with van der Waals surface area (Å²) in [5.41, 5.74) is 6.98. The number of nitrogen functional groups attached to an aromatic ring is 1. The van der Waals surface area contributed by atoms with Crippen molar-refractivity contribution in [3.63, 3.8) is 0 Å². The van der Waals surface area contributed by atoms with Gasteiger partial charge in [-0.25, -0.2) is 18.3 Å². The van der Waals surface area contributed by atoms with Crippen LogP contribution in [0, 0.1) is 12.7 Å². The summed E-state index contributed by atoms with van der Waals surface area (Å²) in [6.07, 6.45) is 1.57. The van der Waals surface area contributed by atoms with Gasteiger partial charge in [0.2, 0.25) is 5.95 Å². The Bertz CT molecular complexity index is 1170. The molecule has 1 aromatic carbocycles. The van der Waals surface area contributed by atoms with Gasteiger partial charge in [0, 0.05) is 11.8 Å². The molecule has 7 nitrogen and oxygen atoms in total. The quantitative estimate of drug-likeness (QED) is 0.595. The molecule has 0 unspecified atom stereocenters. The van der Waals surface area contributed by atoms with Crippen LogP contribution in [0.25, 0.3) is 27.7 Å². The Hall–Kier alpha value is -3.23. The first-order chi connectivity index (χ1) is 12.0. The van der Waals surface area contributed by atoms with Crippen LogP contribution >= 0.6 is 0 Å². The number of alkyl halides is 1. The zero-order valence-corrected chi connectivity index (χ0v) is 13.3. The van der Waals surface area contributed by atoms with Crippen molar-refractivity contribution in [2.45, 2.75) is 13.5 Å². The van der Waals surface area contributed by atoms with Crippen LogP contribution in [0.2, 0.25) is 0 Å². The molecule has 4 rings (SSSR count). The molecule has 3 N–H and O–H groups in total. The van der Waals surface area contributed by atoms with Crippen LogP contribution in [-0.4, -0.2) is 30.8 Å². The van der Waals surface area contributed by atoms with Crippen LogP contribution in [0.3, 0.4) is 0 Å². The number of hydrogen-bond donors (Lipinski definition) is 2. The molecule has 0 radical (unpaired) electrons. The number of anilines is 1. The number of aromatic amines is 1. The summed E-state index contributed by atoms with van der Waals surface area (Å²) in [6, 6.07) is 4.65. The molecule has 0 aliphatic heterocycles. The number of nitrogens with two attached hydrogens (primary N) is 1. The van der Waals surface area contributed by atoms with Gasteiger partial charge >= 0.3 is 0 Å². The molecule has 0 aliphatic carbocycles. The van der Waals surface area contributed by atoms with Crippen LogP contribution in [0.4, 0.5) is 14.7 Å². The lowest BCUT2D eigenvalue weighted by Crippen LogP contribution is -2.15. The molecule has 9 heteroatoms. The van der Waals surface area contributed by atoms with Crippen molar-refractivity contribution < 1.29 is 8.78 Å². The lowest BCUT2D eigenvalue weighted by Gasteiger charge is -2.06. The van der Waals surface area contributed by atoms with E-state index in [1.807, 2.05) is 0 Å². The fourth-order valence-electron chi connectivity index (χ4n) is 3.10. The maximum absolute atomic E-state index is 14.5. The summed E-state index contributed by atoms with van der Waals surface area (Å²) in [5.74, 6) is -0.0250. The molecule has 128 valence electrons. The van der Waals surface area contributed by atoms with Crippen LogP contribution in [0.5, 0.6) is 0 Å². The Morgan fingerprint density at radius 2 is 2.16 bits per heavy atom. The highest BCUT2D eigenvalue weighted by atomic mass is 19.1. The molecule has 25 heavy (non-hydrogen) atoms. The van der Waals surface area contributed by atoms with Crippen LogP contribution in [-0.2, 0) is 6.54 Å². The van der Waals surface area contributed by atoms with E-state index in [2.05, 4.69) is 15.1 Å². The summed E-state index contributed by atoms with van der Waals surface area (Å²) in [7, 11) is 0. The van der Waals surface area contributed by atoms with E-state index in [1.54, 1.807) is 29.8 Å². The minimum Gasteiger partial charge on any atom is -0.368 e. The van der Waals surface area contributed by atoms with Crippen molar-refractivity contribution in [3.05, 3.63) is 46.4 Å². The summed E-state index contributed by atoms with van der Waals surface area (Å²) >= 11 is 0. The maximum Gasteiger partial charge on any atom is 0.277 e. The first kappa shape index (κ1) is 15.3. The summed E-state index contributed by atoms with van der Waals surface area (Å²) in [4.78, 5) is 18.8. The number of halogens is 2. The summed E-state index contributed by atoms with van der Waals surface area (Å²) < 4.78 is 30.3. The van der Waals surface area contributed by atoms with Gasteiger partial charge in [0.1, 0.15) is 23.5 Å². The van der Waals surface area contributed by atoms with Gasteiger partial charge in [-0.05, 0) is 30.7 Å². The van der Waals surface area contributed by atoms with Crippen molar-refractivity contribution >= 4 is 22.5 Å². The summed E-state index contributed by atoms with van der Waals surface area (Å²) in [6.45, 7) is 1.19. The molecule has 3 aromatic heterocycles. The van der Waals surface area contributed by atoms with E-state index in [0.29, 0.717) is 22.5 Å². The average molecular weight is 344 g/mol. The number of nitrogens with one attached hydrogen (secondary N) is 1. The summed E-state index contributed by atoms with van der Waals surface area (Å²) in [5, 5.41) is 4.00. The van der Waals surface area contributed by atoms with Gasteiger partial charge in [-0.15, -0.1) is 5.10 Å². The minimum absolute atomic E-state index is 0.0158. The molecule has 3 heterocycles. The third kappa shape index (κ3) is 2.27. The maximum atomic E-state index is 14.5. The second-order valence-electron chi connectivity index (χ2n) is 5.69. The molecule has 0 saturated heterocycles. The first-order valence-corrected chi connectivity index (χ1v) is 7.59. The Morgan fingerprint density at radius 3 is 2.92 bits per heavy atom. The number of benzene rings is 1. The number of fused-ring (bicyclic) bond motifs is 2. The van der Waals surface area contributed by atoms with Gasteiger partial charge in [0.15, 0.2) is 5.82 Å². The second-order valence-corrected chi connectivity index (χ2v) is 5.69. The van der Waals surface area contributed by atoms with E-state index in [9.17, 15) is 13.6 Å². The molecular formula is C16H14F2N6O. The third-order valence-corrected chi connectivity index (χ3v) is 4.16. The lowest BCUT2D eigenvalue weighted by atomic mass is 10.1. The number of aryl methyl sites for hydroxylation is 2. The van der Waals surface area contributed by atoms with Crippen molar-refractivity contribution in [2.75, 3.05) is 12.4 Å². The minimum atomic E-state index is -0.587. The Morgan fingerprint density at radius 1 is 1.36 bits per heavy atom. The second kappa shape index (κ2) is 5.40.